The Kier molecular flexibility index (Phi) is 11.8. The van der Waals surface area contributed by atoms with E-state index in [4.69, 9.17) is 19.0 Å². The predicted molar refractivity (Wildman–Crippen MR) is 164 cm³/mol. The second kappa shape index (κ2) is 16.0. The molecule has 3 fully saturated rings. The summed E-state index contributed by atoms with van der Waals surface area (Å²) in [4.78, 5) is 35.5. The number of alkyl carbamates (subject to hydrolysis) is 1. The number of benzene rings is 2. The van der Waals surface area contributed by atoms with E-state index < -0.39 is 53.1 Å². The van der Waals surface area contributed by atoms with Crippen molar-refractivity contribution in [3.8, 4) is 0 Å². The fourth-order valence-electron chi connectivity index (χ4n) is 5.88. The van der Waals surface area contributed by atoms with E-state index in [2.05, 4.69) is 21.0 Å². The van der Waals surface area contributed by atoms with Crippen LogP contribution < -0.4 is 16.1 Å². The fraction of sp³-hybridized carbons (Fsp3) is 0.548. The van der Waals surface area contributed by atoms with E-state index in [0.717, 1.165) is 22.9 Å². The number of hydroxylamine groups is 2. The number of aliphatic hydroxyl groups excluding tert-OH is 1. The van der Waals surface area contributed by atoms with Crippen molar-refractivity contribution in [2.45, 2.75) is 74.1 Å². The van der Waals surface area contributed by atoms with Crippen LogP contribution in [0.3, 0.4) is 0 Å². The first-order valence-corrected chi connectivity index (χ1v) is 16.9. The largest absolute Gasteiger partial charge is 0.443 e. The number of anilines is 1. The third-order valence-electron chi connectivity index (χ3n) is 8.28. The molecule has 2 saturated heterocycles. The fourth-order valence-corrected chi connectivity index (χ4v) is 7.22. The summed E-state index contributed by atoms with van der Waals surface area (Å²) in [7, 11) is -3.00. The SMILES string of the molecule is CONC(=O)CNc1cccc(S(=O)(=O)N(C[C@@H](O)[C@H](Cc2ccccc2)NC(=O)O[C@@H]2CO[C@@H]3OCC[C@@H]32)OC2CCCC2)c1. The highest BCUT2D eigenvalue weighted by Gasteiger charge is 2.44. The van der Waals surface area contributed by atoms with Gasteiger partial charge in [-0.05, 0) is 49.4 Å². The molecule has 5 rings (SSSR count). The Bertz CT molecular complexity index is 1410. The molecule has 2 heterocycles. The molecule has 0 aromatic heterocycles. The molecule has 0 unspecified atom stereocenters. The molecule has 14 nitrogen and oxygen atoms in total. The van der Waals surface area contributed by atoms with Crippen LogP contribution in [0.5, 0.6) is 0 Å². The molecular formula is C31H42N4O10S. The molecule has 5 atom stereocenters. The zero-order valence-electron chi connectivity index (χ0n) is 25.7. The van der Waals surface area contributed by atoms with Crippen LogP contribution in [0.4, 0.5) is 10.5 Å². The van der Waals surface area contributed by atoms with Crippen molar-refractivity contribution >= 4 is 27.7 Å². The number of ether oxygens (including phenoxy) is 3. The number of nitrogens with one attached hydrogen (secondary N) is 3. The molecule has 0 bridgehead atoms. The van der Waals surface area contributed by atoms with Gasteiger partial charge in [0.05, 0.1) is 62.5 Å². The van der Waals surface area contributed by atoms with Gasteiger partial charge in [-0.3, -0.25) is 14.5 Å². The summed E-state index contributed by atoms with van der Waals surface area (Å²) in [5.74, 6) is -0.513. The standard InChI is InChI=1S/C31H42N4O10S/c1-41-34-29(37)18-32-22-10-7-13-24(17-22)46(39,40)35(45-23-11-5-6-12-23)19-27(36)26(16-21-8-3-2-4-9-21)33-31(38)44-28-20-43-30-25(28)14-15-42-30/h2-4,7-10,13,17,23,25-28,30,32,36H,5-6,11-12,14-16,18-20H2,1H3,(H,33,38)(H,34,37)/t25-,26+,27-,28-,30+/m1/s1. The van der Waals surface area contributed by atoms with Gasteiger partial charge in [-0.25, -0.2) is 18.7 Å². The first-order chi connectivity index (χ1) is 22.2. The molecule has 1 aliphatic carbocycles. The molecule has 252 valence electrons. The van der Waals surface area contributed by atoms with E-state index >= 15 is 0 Å². The van der Waals surface area contributed by atoms with Gasteiger partial charge in [0.2, 0.25) is 0 Å². The molecule has 2 aromatic carbocycles. The average molecular weight is 663 g/mol. The van der Waals surface area contributed by atoms with Gasteiger partial charge in [-0.2, -0.15) is 0 Å². The number of hydrogen-bond donors (Lipinski definition) is 4. The van der Waals surface area contributed by atoms with Crippen molar-refractivity contribution in [3.05, 3.63) is 60.2 Å². The number of fused-ring (bicyclic) bond motifs is 1. The van der Waals surface area contributed by atoms with Crippen molar-refractivity contribution in [3.63, 3.8) is 0 Å². The van der Waals surface area contributed by atoms with E-state index in [-0.39, 0.29) is 36.5 Å². The van der Waals surface area contributed by atoms with Crippen molar-refractivity contribution in [2.75, 3.05) is 38.7 Å². The number of carbonyl (C=O) groups excluding carboxylic acids is 2. The number of sulfonamides is 1. The van der Waals surface area contributed by atoms with Crippen molar-refractivity contribution in [1.82, 2.24) is 15.3 Å². The lowest BCUT2D eigenvalue weighted by Crippen LogP contribution is -2.51. The maximum absolute atomic E-state index is 14.0. The van der Waals surface area contributed by atoms with Crippen LogP contribution in [0.15, 0.2) is 59.5 Å². The predicted octanol–water partition coefficient (Wildman–Crippen LogP) is 2.10. The Morgan fingerprint density at radius 3 is 2.61 bits per heavy atom. The molecular weight excluding hydrogens is 620 g/mol. The minimum absolute atomic E-state index is 0.0664. The maximum atomic E-state index is 14.0. The van der Waals surface area contributed by atoms with Crippen LogP contribution in [-0.2, 0) is 45.1 Å². The molecule has 4 N–H and O–H groups in total. The highest BCUT2D eigenvalue weighted by molar-refractivity contribution is 7.89. The van der Waals surface area contributed by atoms with Crippen LogP contribution in [0, 0.1) is 5.92 Å². The van der Waals surface area contributed by atoms with Crippen molar-refractivity contribution in [2.24, 2.45) is 5.92 Å². The summed E-state index contributed by atoms with van der Waals surface area (Å²) in [6.45, 7) is 0.124. The molecule has 0 spiro atoms. The van der Waals surface area contributed by atoms with Gasteiger partial charge in [0.25, 0.3) is 15.9 Å². The monoisotopic (exact) mass is 662 g/mol. The van der Waals surface area contributed by atoms with Gasteiger partial charge in [-0.1, -0.05) is 53.7 Å². The first-order valence-electron chi connectivity index (χ1n) is 15.5. The van der Waals surface area contributed by atoms with Crippen LogP contribution in [0.2, 0.25) is 0 Å². The molecule has 2 aromatic rings. The van der Waals surface area contributed by atoms with E-state index in [1.165, 1.54) is 25.3 Å². The molecule has 15 heteroatoms. The van der Waals surface area contributed by atoms with Gasteiger partial charge in [0, 0.05) is 5.69 Å². The molecule has 2 amide bonds. The molecule has 2 aliphatic heterocycles. The summed E-state index contributed by atoms with van der Waals surface area (Å²) in [5, 5.41) is 17.2. The molecule has 46 heavy (non-hydrogen) atoms. The smallest absolute Gasteiger partial charge is 0.407 e. The van der Waals surface area contributed by atoms with Crippen molar-refractivity contribution < 1.29 is 47.0 Å². The number of aliphatic hydroxyl groups is 1. The van der Waals surface area contributed by atoms with Crippen LogP contribution in [0.1, 0.15) is 37.7 Å². The number of amides is 2. The van der Waals surface area contributed by atoms with Gasteiger partial charge < -0.3 is 30.0 Å². The lowest BCUT2D eigenvalue weighted by molar-refractivity contribution is -0.145. The van der Waals surface area contributed by atoms with Crippen LogP contribution in [0.25, 0.3) is 0 Å². The highest BCUT2D eigenvalue weighted by atomic mass is 32.2. The Hall–Kier alpha value is -3.31. The highest BCUT2D eigenvalue weighted by Crippen LogP contribution is 2.33. The number of nitrogens with zero attached hydrogens (tertiary/aromatic N) is 1. The van der Waals surface area contributed by atoms with Gasteiger partial charge in [-0.15, -0.1) is 0 Å². The van der Waals surface area contributed by atoms with Gasteiger partial charge in [0.15, 0.2) is 6.29 Å². The summed E-state index contributed by atoms with van der Waals surface area (Å²) in [6.07, 6.45) is 0.672. The van der Waals surface area contributed by atoms with Crippen molar-refractivity contribution in [1.29, 1.82) is 0 Å². The van der Waals surface area contributed by atoms with E-state index in [9.17, 15) is 23.1 Å². The minimum Gasteiger partial charge on any atom is -0.443 e. The normalized spacial score (nSPS) is 22.7. The quantitative estimate of drug-likeness (QED) is 0.206. The Balaban J connectivity index is 1.33. The lowest BCUT2D eigenvalue weighted by atomic mass is 10.0. The maximum Gasteiger partial charge on any atom is 0.407 e. The molecule has 3 aliphatic rings. The zero-order chi connectivity index (χ0) is 32.5. The van der Waals surface area contributed by atoms with Crippen LogP contribution >= 0.6 is 0 Å². The van der Waals surface area contributed by atoms with E-state index in [1.807, 2.05) is 30.3 Å². The van der Waals surface area contributed by atoms with Crippen LogP contribution in [-0.4, -0.2) is 94.1 Å². The van der Waals surface area contributed by atoms with E-state index in [1.54, 1.807) is 6.07 Å². The summed E-state index contributed by atoms with van der Waals surface area (Å²) in [6, 6.07) is 14.3. The Labute approximate surface area is 268 Å². The Morgan fingerprint density at radius 1 is 1.07 bits per heavy atom. The Morgan fingerprint density at radius 2 is 1.85 bits per heavy atom. The van der Waals surface area contributed by atoms with Gasteiger partial charge >= 0.3 is 6.09 Å². The summed E-state index contributed by atoms with van der Waals surface area (Å²) >= 11 is 0. The third kappa shape index (κ3) is 8.94. The van der Waals surface area contributed by atoms with Gasteiger partial charge in [0.1, 0.15) is 6.10 Å². The average Bonchev–Trinajstić information content (AvgIpc) is 3.81. The summed E-state index contributed by atoms with van der Waals surface area (Å²) in [5.41, 5.74) is 3.39. The number of carbonyl (C=O) groups is 2. The topological polar surface area (TPSA) is 174 Å². The summed E-state index contributed by atoms with van der Waals surface area (Å²) < 4.78 is 45.6. The second-order valence-corrected chi connectivity index (χ2v) is 13.4. The third-order valence-corrected chi connectivity index (χ3v) is 9.90. The number of hydrogen-bond acceptors (Lipinski definition) is 11. The lowest BCUT2D eigenvalue weighted by Gasteiger charge is -2.31. The second-order valence-electron chi connectivity index (χ2n) is 11.6. The zero-order valence-corrected chi connectivity index (χ0v) is 26.5. The number of rotatable bonds is 15. The molecule has 0 radical (unpaired) electrons. The first kappa shape index (κ1) is 34.0. The minimum atomic E-state index is -4.31. The van der Waals surface area contributed by atoms with E-state index in [0.29, 0.717) is 31.6 Å². The molecule has 1 saturated carbocycles.